The van der Waals surface area contributed by atoms with Gasteiger partial charge in [0.1, 0.15) is 5.75 Å². The Hall–Kier alpha value is -3.32. The molecular formula is C40H48O. The highest BCUT2D eigenvalue weighted by atomic mass is 16.5. The van der Waals surface area contributed by atoms with E-state index in [1.54, 1.807) is 0 Å². The number of hydrogen-bond donors (Lipinski definition) is 0. The fraction of sp³-hybridized carbons (Fsp3) is 0.400. The van der Waals surface area contributed by atoms with Gasteiger partial charge in [0.05, 0.1) is 6.61 Å². The lowest BCUT2D eigenvalue weighted by Gasteiger charge is -2.18. The Morgan fingerprint density at radius 3 is 1.24 bits per heavy atom. The van der Waals surface area contributed by atoms with Gasteiger partial charge in [-0.15, -0.1) is 0 Å². The second-order valence-electron chi connectivity index (χ2n) is 12.1. The van der Waals surface area contributed by atoms with E-state index in [-0.39, 0.29) is 0 Å². The number of benzene rings is 4. The van der Waals surface area contributed by atoms with E-state index < -0.39 is 0 Å². The van der Waals surface area contributed by atoms with Crippen LogP contribution in [0.25, 0.3) is 0 Å². The Bertz CT molecular complexity index is 1280. The van der Waals surface area contributed by atoms with E-state index in [1.807, 2.05) is 0 Å². The highest BCUT2D eigenvalue weighted by molar-refractivity contribution is 5.47. The topological polar surface area (TPSA) is 9.23 Å². The van der Waals surface area contributed by atoms with Gasteiger partial charge < -0.3 is 4.74 Å². The zero-order valence-electron chi connectivity index (χ0n) is 25.2. The summed E-state index contributed by atoms with van der Waals surface area (Å²) in [7, 11) is 0. The third-order valence-electron chi connectivity index (χ3n) is 8.50. The van der Waals surface area contributed by atoms with E-state index in [1.165, 1.54) is 102 Å². The molecule has 0 amide bonds. The molecule has 214 valence electrons. The van der Waals surface area contributed by atoms with Crippen molar-refractivity contribution in [2.45, 2.75) is 96.8 Å². The van der Waals surface area contributed by atoms with Crippen LogP contribution in [0.1, 0.15) is 116 Å². The zero-order chi connectivity index (χ0) is 28.1. The van der Waals surface area contributed by atoms with E-state index in [2.05, 4.69) is 97.9 Å². The molecule has 0 radical (unpaired) electrons. The zero-order valence-corrected chi connectivity index (χ0v) is 25.2. The molecule has 1 heteroatoms. The predicted molar refractivity (Wildman–Crippen MR) is 174 cm³/mol. The molecular weight excluding hydrogens is 496 g/mol. The predicted octanol–water partition coefficient (Wildman–Crippen LogP) is 10.7. The SMILES string of the molecule is CCCCCCCCCCCCOc1c2cccc1Cc1cccc(c1)Cc1cccc(c1)Cc1cccc(c1)C2. The van der Waals surface area contributed by atoms with Crippen molar-refractivity contribution in [3.63, 3.8) is 0 Å². The van der Waals surface area contributed by atoms with Gasteiger partial charge in [0, 0.05) is 12.8 Å². The van der Waals surface area contributed by atoms with Gasteiger partial charge in [-0.25, -0.2) is 0 Å². The quantitative estimate of drug-likeness (QED) is 0.142. The van der Waals surface area contributed by atoms with Crippen molar-refractivity contribution in [1.29, 1.82) is 0 Å². The van der Waals surface area contributed by atoms with Crippen LogP contribution >= 0.6 is 0 Å². The van der Waals surface area contributed by atoms with Crippen LogP contribution in [0.4, 0.5) is 0 Å². The summed E-state index contributed by atoms with van der Waals surface area (Å²) in [5, 5.41) is 0. The van der Waals surface area contributed by atoms with Crippen LogP contribution < -0.4 is 4.74 Å². The fourth-order valence-electron chi connectivity index (χ4n) is 6.33. The highest BCUT2D eigenvalue weighted by Crippen LogP contribution is 2.30. The summed E-state index contributed by atoms with van der Waals surface area (Å²) >= 11 is 0. The third-order valence-corrected chi connectivity index (χ3v) is 8.50. The van der Waals surface area contributed by atoms with Gasteiger partial charge in [0.2, 0.25) is 0 Å². The van der Waals surface area contributed by atoms with Gasteiger partial charge in [-0.2, -0.15) is 0 Å². The first-order valence-electron chi connectivity index (χ1n) is 16.2. The van der Waals surface area contributed by atoms with Crippen LogP contribution in [-0.2, 0) is 25.7 Å². The number of unbranched alkanes of at least 4 members (excludes halogenated alkanes) is 9. The molecule has 0 atom stereocenters. The molecule has 1 aliphatic rings. The fourth-order valence-corrected chi connectivity index (χ4v) is 6.33. The number of hydrogen-bond acceptors (Lipinski definition) is 1. The smallest absolute Gasteiger partial charge is 0.126 e. The Morgan fingerprint density at radius 1 is 0.439 bits per heavy atom. The maximum Gasteiger partial charge on any atom is 0.126 e. The summed E-state index contributed by atoms with van der Waals surface area (Å²) < 4.78 is 6.66. The minimum absolute atomic E-state index is 0.801. The largest absolute Gasteiger partial charge is 0.493 e. The number of fused-ring (bicyclic) bond motifs is 8. The first kappa shape index (κ1) is 29.2. The maximum absolute atomic E-state index is 6.66. The number of rotatable bonds is 12. The van der Waals surface area contributed by atoms with Crippen molar-refractivity contribution in [3.05, 3.63) is 136 Å². The van der Waals surface area contributed by atoms with Crippen LogP contribution in [0.5, 0.6) is 5.75 Å². The lowest BCUT2D eigenvalue weighted by atomic mass is 9.93. The average molecular weight is 545 g/mol. The van der Waals surface area contributed by atoms with Crippen molar-refractivity contribution in [2.75, 3.05) is 6.61 Å². The number of para-hydroxylation sites is 1. The van der Waals surface area contributed by atoms with E-state index in [4.69, 9.17) is 4.74 Å². The van der Waals surface area contributed by atoms with Gasteiger partial charge in [0.15, 0.2) is 0 Å². The van der Waals surface area contributed by atoms with Crippen molar-refractivity contribution in [1.82, 2.24) is 0 Å². The number of ether oxygens (including phenoxy) is 1. The van der Waals surface area contributed by atoms with Crippen LogP contribution in [-0.4, -0.2) is 6.61 Å². The van der Waals surface area contributed by atoms with Gasteiger partial charge >= 0.3 is 0 Å². The van der Waals surface area contributed by atoms with Crippen LogP contribution in [0.2, 0.25) is 0 Å². The summed E-state index contributed by atoms with van der Waals surface area (Å²) in [5.74, 6) is 1.11. The Morgan fingerprint density at radius 2 is 0.805 bits per heavy atom. The second-order valence-corrected chi connectivity index (χ2v) is 12.1. The summed E-state index contributed by atoms with van der Waals surface area (Å²) in [5.41, 5.74) is 10.8. The van der Waals surface area contributed by atoms with Gasteiger partial charge in [-0.05, 0) is 63.8 Å². The van der Waals surface area contributed by atoms with Crippen LogP contribution in [0.3, 0.4) is 0 Å². The van der Waals surface area contributed by atoms with Crippen molar-refractivity contribution >= 4 is 0 Å². The molecule has 1 nitrogen and oxygen atoms in total. The lowest BCUT2D eigenvalue weighted by molar-refractivity contribution is 0.299. The Balaban J connectivity index is 1.30. The first-order chi connectivity index (χ1) is 20.3. The molecule has 0 N–H and O–H groups in total. The molecule has 5 rings (SSSR count). The standard InChI is InChI=1S/C40H48O/c1-2-3-4-5-6-7-8-9-10-11-24-41-40-38-22-15-23-39(40)31-37-21-14-19-35(29-37)27-33-17-12-16-32(25-33)26-34-18-13-20-36(28-34)30-38/h12-23,25,28-29H,2-11,24,26-27,30-31H2,1H3. The van der Waals surface area contributed by atoms with Crippen molar-refractivity contribution in [3.8, 4) is 5.75 Å². The molecule has 41 heavy (non-hydrogen) atoms. The summed E-state index contributed by atoms with van der Waals surface area (Å²) in [6.07, 6.45) is 17.1. The normalized spacial score (nSPS) is 12.7. The monoisotopic (exact) mass is 544 g/mol. The minimum Gasteiger partial charge on any atom is -0.493 e. The van der Waals surface area contributed by atoms with Gasteiger partial charge in [-0.1, -0.05) is 156 Å². The van der Waals surface area contributed by atoms with E-state index in [0.29, 0.717) is 0 Å². The Labute approximate surface area is 249 Å². The molecule has 0 fully saturated rings. The third kappa shape index (κ3) is 9.09. The molecule has 0 aromatic heterocycles. The lowest BCUT2D eigenvalue weighted by Crippen LogP contribution is -2.05. The summed E-state index contributed by atoms with van der Waals surface area (Å²) in [6.45, 7) is 3.09. The molecule has 0 heterocycles. The van der Waals surface area contributed by atoms with Gasteiger partial charge in [-0.3, -0.25) is 0 Å². The van der Waals surface area contributed by atoms with Crippen LogP contribution in [0.15, 0.2) is 91.0 Å². The molecule has 0 aliphatic heterocycles. The molecule has 1 aliphatic carbocycles. The van der Waals surface area contributed by atoms with Crippen LogP contribution in [0, 0.1) is 0 Å². The molecule has 0 unspecified atom stereocenters. The van der Waals surface area contributed by atoms with Crippen molar-refractivity contribution < 1.29 is 4.74 Å². The van der Waals surface area contributed by atoms with Crippen molar-refractivity contribution in [2.24, 2.45) is 0 Å². The molecule has 0 spiro atoms. The Kier molecular flexibility index (Phi) is 11.1. The summed E-state index contributed by atoms with van der Waals surface area (Å²) in [4.78, 5) is 0. The maximum atomic E-state index is 6.66. The van der Waals surface area contributed by atoms with E-state index in [9.17, 15) is 0 Å². The van der Waals surface area contributed by atoms with Gasteiger partial charge in [0.25, 0.3) is 0 Å². The first-order valence-corrected chi connectivity index (χ1v) is 16.2. The highest BCUT2D eigenvalue weighted by Gasteiger charge is 2.13. The molecule has 4 aromatic carbocycles. The molecule has 8 bridgehead atoms. The minimum atomic E-state index is 0.801. The summed E-state index contributed by atoms with van der Waals surface area (Å²) in [6, 6.07) is 34.2. The van der Waals surface area contributed by atoms with E-state index in [0.717, 1.165) is 44.5 Å². The molecule has 0 saturated carbocycles. The average Bonchev–Trinajstić information content (AvgIpc) is 2.97. The second kappa shape index (κ2) is 15.6. The molecule has 0 saturated heterocycles. The van der Waals surface area contributed by atoms with E-state index >= 15 is 0 Å². The molecule has 4 aromatic rings.